The zero-order valence-electron chi connectivity index (χ0n) is 19.9. The first-order valence-electron chi connectivity index (χ1n) is 11.1. The number of ether oxygens (including phenoxy) is 2. The number of carbonyl (C=O) groups is 1. The third-order valence-electron chi connectivity index (χ3n) is 5.44. The summed E-state index contributed by atoms with van der Waals surface area (Å²) in [5.41, 5.74) is 1.78. The lowest BCUT2D eigenvalue weighted by Crippen LogP contribution is -2.41. The first-order chi connectivity index (χ1) is 16.6. The van der Waals surface area contributed by atoms with Gasteiger partial charge in [-0.25, -0.2) is 0 Å². The quantitative estimate of drug-likeness (QED) is 0.253. The number of piperidine rings is 1. The van der Waals surface area contributed by atoms with Crippen molar-refractivity contribution in [1.82, 2.24) is 15.4 Å². The van der Waals surface area contributed by atoms with E-state index in [-0.39, 0.29) is 6.04 Å². The molecule has 0 atom stereocenters. The van der Waals surface area contributed by atoms with Crippen LogP contribution >= 0.6 is 11.9 Å². The minimum absolute atomic E-state index is 0.273. The van der Waals surface area contributed by atoms with E-state index in [0.29, 0.717) is 11.4 Å². The van der Waals surface area contributed by atoms with E-state index in [0.717, 1.165) is 66.2 Å². The number of methoxy groups -OCH3 is 2. The molecular formula is C25H32N4O4S. The predicted molar refractivity (Wildman–Crippen MR) is 136 cm³/mol. The summed E-state index contributed by atoms with van der Waals surface area (Å²) in [6.45, 7) is 7.91. The minimum atomic E-state index is 0.273. The number of nitrogens with zero attached hydrogens (tertiary/aromatic N) is 2. The third-order valence-corrected chi connectivity index (χ3v) is 6.29. The van der Waals surface area contributed by atoms with Crippen LogP contribution in [0.3, 0.4) is 0 Å². The normalized spacial score (nSPS) is 14.1. The number of amides is 1. The van der Waals surface area contributed by atoms with Crippen LogP contribution in [0, 0.1) is 0 Å². The zero-order valence-corrected chi connectivity index (χ0v) is 20.7. The molecule has 1 aromatic heterocycles. The number of benzene rings is 2. The fourth-order valence-corrected chi connectivity index (χ4v) is 4.58. The molecule has 4 rings (SSSR count). The molecule has 2 aromatic carbocycles. The highest BCUT2D eigenvalue weighted by atomic mass is 32.2. The molecule has 2 N–H and O–H groups in total. The van der Waals surface area contributed by atoms with E-state index in [1.165, 1.54) is 11.9 Å². The van der Waals surface area contributed by atoms with Crippen LogP contribution in [-0.4, -0.2) is 49.8 Å². The van der Waals surface area contributed by atoms with E-state index >= 15 is 0 Å². The molecule has 182 valence electrons. The number of allylic oxidation sites excluding steroid dienone is 1. The summed E-state index contributed by atoms with van der Waals surface area (Å²) >= 11 is 1.41. The van der Waals surface area contributed by atoms with Crippen LogP contribution in [0.5, 0.6) is 11.5 Å². The van der Waals surface area contributed by atoms with Gasteiger partial charge in [-0.2, -0.15) is 0 Å². The zero-order chi connectivity index (χ0) is 24.3. The van der Waals surface area contributed by atoms with Crippen LogP contribution in [0.4, 0.5) is 5.82 Å². The number of likely N-dealkylation sites (tertiary alicyclic amines) is 1. The van der Waals surface area contributed by atoms with Crippen molar-refractivity contribution < 1.29 is 18.8 Å². The van der Waals surface area contributed by atoms with Crippen molar-refractivity contribution in [2.45, 2.75) is 37.2 Å². The summed E-state index contributed by atoms with van der Waals surface area (Å²) in [4.78, 5) is 14.0. The van der Waals surface area contributed by atoms with Gasteiger partial charge in [0.1, 0.15) is 16.9 Å². The van der Waals surface area contributed by atoms with Crippen molar-refractivity contribution >= 4 is 35.1 Å². The van der Waals surface area contributed by atoms with Gasteiger partial charge in [0.2, 0.25) is 6.41 Å². The molecule has 0 spiro atoms. The van der Waals surface area contributed by atoms with Crippen molar-refractivity contribution in [2.24, 2.45) is 0 Å². The maximum Gasteiger partial charge on any atom is 0.207 e. The van der Waals surface area contributed by atoms with E-state index in [2.05, 4.69) is 26.7 Å². The average molecular weight is 485 g/mol. The second-order valence-corrected chi connectivity index (χ2v) is 8.65. The highest BCUT2D eigenvalue weighted by molar-refractivity contribution is 8.00. The molecular weight excluding hydrogens is 452 g/mol. The number of hydrogen-bond acceptors (Lipinski definition) is 8. The Hall–Kier alpha value is -3.17. The molecule has 0 saturated carbocycles. The van der Waals surface area contributed by atoms with Gasteiger partial charge in [0.05, 0.1) is 19.1 Å². The number of rotatable bonds is 9. The Balaban J connectivity index is 0.00000103. The average Bonchev–Trinajstić information content (AvgIpc) is 3.27. The summed E-state index contributed by atoms with van der Waals surface area (Å²) in [6, 6.07) is 12.1. The lowest BCUT2D eigenvalue weighted by molar-refractivity contribution is -0.110. The van der Waals surface area contributed by atoms with Gasteiger partial charge >= 0.3 is 0 Å². The Labute approximate surface area is 204 Å². The second kappa shape index (κ2) is 12.9. The maximum absolute atomic E-state index is 10.6. The highest BCUT2D eigenvalue weighted by Crippen LogP contribution is 2.37. The summed E-state index contributed by atoms with van der Waals surface area (Å²) < 4.78 is 19.9. The van der Waals surface area contributed by atoms with Gasteiger partial charge in [-0.3, -0.25) is 9.69 Å². The predicted octanol–water partition coefficient (Wildman–Crippen LogP) is 4.87. The molecule has 1 aliphatic rings. The van der Waals surface area contributed by atoms with E-state index in [1.54, 1.807) is 20.3 Å². The van der Waals surface area contributed by atoms with Crippen LogP contribution in [0.2, 0.25) is 0 Å². The van der Waals surface area contributed by atoms with Crippen molar-refractivity contribution in [1.29, 1.82) is 0 Å². The molecule has 1 saturated heterocycles. The van der Waals surface area contributed by atoms with Gasteiger partial charge in [0, 0.05) is 25.7 Å². The highest BCUT2D eigenvalue weighted by Gasteiger charge is 2.21. The first kappa shape index (κ1) is 25.5. The number of para-hydroxylation sites is 1. The fraction of sp³-hybridized carbons (Fsp3) is 0.360. The summed E-state index contributed by atoms with van der Waals surface area (Å²) in [7, 11) is 3.30. The van der Waals surface area contributed by atoms with Crippen molar-refractivity contribution in [3.8, 4) is 11.5 Å². The molecule has 3 aromatic rings. The molecule has 34 heavy (non-hydrogen) atoms. The van der Waals surface area contributed by atoms with Gasteiger partial charge in [0.15, 0.2) is 11.4 Å². The lowest BCUT2D eigenvalue weighted by Gasteiger charge is -2.31. The molecule has 2 heterocycles. The molecule has 1 aliphatic heterocycles. The Morgan fingerprint density at radius 3 is 2.59 bits per heavy atom. The van der Waals surface area contributed by atoms with Crippen LogP contribution in [0.15, 0.2) is 58.5 Å². The summed E-state index contributed by atoms with van der Waals surface area (Å²) in [6.07, 6.45) is 4.45. The Bertz CT molecular complexity index is 1080. The summed E-state index contributed by atoms with van der Waals surface area (Å²) in [5.74, 6) is 2.11. The standard InChI is InChI=1S/C22H26N4O4S.C3H6/c1-28-17-5-3-4-6-20(17)31-25-22-21-18(29-2)11-15(12-19(21)30-24-22)13-26-9-7-16(8-10-26)23-14-27;1-3-2/h3-6,11-12,14,16H,7-10,13H2,1-2H3,(H,23,27)(H,24,25);3H,1H2,2H3. The number of carbonyl (C=O) groups excluding carboxylic acids is 1. The van der Waals surface area contributed by atoms with Gasteiger partial charge in [0.25, 0.3) is 0 Å². The minimum Gasteiger partial charge on any atom is -0.496 e. The molecule has 0 bridgehead atoms. The number of hydrogen-bond donors (Lipinski definition) is 2. The van der Waals surface area contributed by atoms with Crippen LogP contribution in [-0.2, 0) is 11.3 Å². The van der Waals surface area contributed by atoms with Crippen LogP contribution < -0.4 is 19.5 Å². The second-order valence-electron chi connectivity index (χ2n) is 7.80. The molecule has 1 amide bonds. The Kier molecular flexibility index (Phi) is 9.66. The van der Waals surface area contributed by atoms with Gasteiger partial charge in [-0.1, -0.05) is 23.4 Å². The SMILES string of the molecule is C=CC.COc1ccccc1SNc1noc2cc(CN3CCC(NC=O)CC3)cc(OC)c12. The Morgan fingerprint density at radius 1 is 1.21 bits per heavy atom. The van der Waals surface area contributed by atoms with Gasteiger partial charge in [-0.05, 0) is 61.5 Å². The molecule has 0 radical (unpaired) electrons. The van der Waals surface area contributed by atoms with E-state index in [1.807, 2.05) is 43.3 Å². The van der Waals surface area contributed by atoms with Crippen LogP contribution in [0.25, 0.3) is 11.0 Å². The van der Waals surface area contributed by atoms with Crippen molar-refractivity contribution in [3.63, 3.8) is 0 Å². The summed E-state index contributed by atoms with van der Waals surface area (Å²) in [5, 5.41) is 7.90. The topological polar surface area (TPSA) is 88.9 Å². The number of nitrogens with one attached hydrogen (secondary N) is 2. The largest absolute Gasteiger partial charge is 0.496 e. The molecule has 1 fully saturated rings. The fourth-order valence-electron chi connectivity index (χ4n) is 3.83. The smallest absolute Gasteiger partial charge is 0.207 e. The molecule has 8 nitrogen and oxygen atoms in total. The number of fused-ring (bicyclic) bond motifs is 1. The van der Waals surface area contributed by atoms with Gasteiger partial charge in [-0.15, -0.1) is 6.58 Å². The van der Waals surface area contributed by atoms with Crippen molar-refractivity contribution in [3.05, 3.63) is 54.6 Å². The molecule has 9 heteroatoms. The van der Waals surface area contributed by atoms with Crippen LogP contribution in [0.1, 0.15) is 25.3 Å². The Morgan fingerprint density at radius 2 is 1.91 bits per heavy atom. The first-order valence-corrected chi connectivity index (χ1v) is 12.0. The monoisotopic (exact) mass is 484 g/mol. The maximum atomic E-state index is 10.6. The molecule has 0 aliphatic carbocycles. The lowest BCUT2D eigenvalue weighted by atomic mass is 10.0. The van der Waals surface area contributed by atoms with Gasteiger partial charge < -0.3 is 24.0 Å². The van der Waals surface area contributed by atoms with E-state index in [9.17, 15) is 4.79 Å². The number of aromatic nitrogens is 1. The van der Waals surface area contributed by atoms with E-state index in [4.69, 9.17) is 14.0 Å². The number of anilines is 1. The van der Waals surface area contributed by atoms with E-state index < -0.39 is 0 Å². The van der Waals surface area contributed by atoms with Crippen molar-refractivity contribution in [2.75, 3.05) is 32.0 Å². The molecule has 0 unspecified atom stereocenters. The third kappa shape index (κ3) is 6.45.